The number of hydrogen-bond donors (Lipinski definition) is 0. The number of hydrazine groups is 1. The lowest BCUT2D eigenvalue weighted by atomic mass is 10.4. The van der Waals surface area contributed by atoms with Gasteiger partial charge in [-0.2, -0.15) is 0 Å². The summed E-state index contributed by atoms with van der Waals surface area (Å²) in [4.78, 5) is 0. The molecule has 1 saturated heterocycles. The zero-order valence-corrected chi connectivity index (χ0v) is 6.29. The quantitative estimate of drug-likeness (QED) is 0.488. The van der Waals surface area contributed by atoms with Gasteiger partial charge in [-0.25, -0.2) is 10.0 Å². The number of hydrogen-bond acceptors (Lipinski definition) is 3. The van der Waals surface area contributed by atoms with Crippen molar-refractivity contribution in [3.05, 3.63) is 0 Å². The fraction of sp³-hybridized carbons (Fsp3) is 1.00. The lowest BCUT2D eigenvalue weighted by molar-refractivity contribution is 0.0894. The topological polar surface area (TPSA) is 15.7 Å². The highest BCUT2D eigenvalue weighted by molar-refractivity contribution is 4.71. The number of likely N-dealkylation sites (N-methyl/N-ethyl adjacent to an activating group) is 2. The maximum atomic E-state index is 5.17. The van der Waals surface area contributed by atoms with Gasteiger partial charge >= 0.3 is 0 Å². The van der Waals surface area contributed by atoms with E-state index in [-0.39, 0.29) is 0 Å². The first-order chi connectivity index (χ1) is 4.24. The lowest BCUT2D eigenvalue weighted by Gasteiger charge is -2.16. The molecule has 0 atom stereocenters. The van der Waals surface area contributed by atoms with Crippen molar-refractivity contribution in [1.82, 2.24) is 10.0 Å². The summed E-state index contributed by atoms with van der Waals surface area (Å²) < 4.78 is 5.17. The monoisotopic (exact) mass is 130 g/mol. The van der Waals surface area contributed by atoms with Crippen LogP contribution in [0.5, 0.6) is 0 Å². The largest absolute Gasteiger partial charge is 0.379 e. The zero-order chi connectivity index (χ0) is 6.85. The highest BCUT2D eigenvalue weighted by Crippen LogP contribution is 2.06. The summed E-state index contributed by atoms with van der Waals surface area (Å²) in [5.41, 5.74) is 0. The standard InChI is InChI=1S/C6H14N2O/c1-7-4-6(9-3)5-8(7)2/h6H,4-5H2,1-3H3. The number of rotatable bonds is 1. The van der Waals surface area contributed by atoms with E-state index in [2.05, 4.69) is 24.1 Å². The highest BCUT2D eigenvalue weighted by atomic mass is 16.5. The van der Waals surface area contributed by atoms with E-state index in [4.69, 9.17) is 4.74 Å². The second kappa shape index (κ2) is 2.64. The van der Waals surface area contributed by atoms with Crippen LogP contribution in [-0.2, 0) is 4.74 Å². The van der Waals surface area contributed by atoms with Crippen LogP contribution in [0.3, 0.4) is 0 Å². The van der Waals surface area contributed by atoms with Gasteiger partial charge in [-0.1, -0.05) is 0 Å². The van der Waals surface area contributed by atoms with Crippen molar-refractivity contribution in [3.63, 3.8) is 0 Å². The Morgan fingerprint density at radius 2 is 1.67 bits per heavy atom. The number of methoxy groups -OCH3 is 1. The highest BCUT2D eigenvalue weighted by Gasteiger charge is 2.23. The molecule has 0 aromatic heterocycles. The molecule has 1 heterocycles. The maximum absolute atomic E-state index is 5.17. The summed E-state index contributed by atoms with van der Waals surface area (Å²) in [6.45, 7) is 2.04. The fourth-order valence-corrected chi connectivity index (χ4v) is 1.07. The molecule has 0 saturated carbocycles. The Hall–Kier alpha value is -0.120. The Labute approximate surface area is 56.2 Å². The fourth-order valence-electron chi connectivity index (χ4n) is 1.07. The van der Waals surface area contributed by atoms with Gasteiger partial charge in [0.2, 0.25) is 0 Å². The summed E-state index contributed by atoms with van der Waals surface area (Å²) in [5.74, 6) is 0. The van der Waals surface area contributed by atoms with Gasteiger partial charge in [0.15, 0.2) is 0 Å². The number of nitrogens with zero attached hydrogens (tertiary/aromatic N) is 2. The molecule has 0 bridgehead atoms. The van der Waals surface area contributed by atoms with E-state index in [1.54, 1.807) is 7.11 Å². The first-order valence-electron chi connectivity index (χ1n) is 3.19. The van der Waals surface area contributed by atoms with Crippen molar-refractivity contribution in [1.29, 1.82) is 0 Å². The van der Waals surface area contributed by atoms with E-state index >= 15 is 0 Å². The second-order valence-corrected chi connectivity index (χ2v) is 2.54. The molecule has 0 spiro atoms. The minimum Gasteiger partial charge on any atom is -0.379 e. The summed E-state index contributed by atoms with van der Waals surface area (Å²) >= 11 is 0. The van der Waals surface area contributed by atoms with E-state index in [9.17, 15) is 0 Å². The average molecular weight is 130 g/mol. The van der Waals surface area contributed by atoms with Gasteiger partial charge in [0, 0.05) is 34.3 Å². The summed E-state index contributed by atoms with van der Waals surface area (Å²) in [6.07, 6.45) is 0.403. The molecule has 0 unspecified atom stereocenters. The molecule has 54 valence electrons. The van der Waals surface area contributed by atoms with Gasteiger partial charge in [-0.05, 0) is 0 Å². The Kier molecular flexibility index (Phi) is 2.05. The zero-order valence-electron chi connectivity index (χ0n) is 6.29. The first kappa shape index (κ1) is 6.99. The third-order valence-electron chi connectivity index (χ3n) is 1.85. The van der Waals surface area contributed by atoms with Crippen LogP contribution < -0.4 is 0 Å². The van der Waals surface area contributed by atoms with Crippen molar-refractivity contribution >= 4 is 0 Å². The van der Waals surface area contributed by atoms with E-state index < -0.39 is 0 Å². The number of ether oxygens (including phenoxy) is 1. The first-order valence-corrected chi connectivity index (χ1v) is 3.19. The molecule has 0 N–H and O–H groups in total. The molecule has 9 heavy (non-hydrogen) atoms. The van der Waals surface area contributed by atoms with Crippen LogP contribution in [0, 0.1) is 0 Å². The molecule has 0 radical (unpaired) electrons. The van der Waals surface area contributed by atoms with Crippen molar-refractivity contribution in [2.45, 2.75) is 6.10 Å². The van der Waals surface area contributed by atoms with Gasteiger partial charge in [-0.3, -0.25) is 0 Å². The molecule has 0 amide bonds. The average Bonchev–Trinajstić information content (AvgIpc) is 2.13. The Morgan fingerprint density at radius 1 is 1.22 bits per heavy atom. The summed E-state index contributed by atoms with van der Waals surface area (Å²) in [7, 11) is 5.90. The van der Waals surface area contributed by atoms with Gasteiger partial charge in [0.1, 0.15) is 0 Å². The Balaban J connectivity index is 2.35. The van der Waals surface area contributed by atoms with Crippen LogP contribution in [0.25, 0.3) is 0 Å². The van der Waals surface area contributed by atoms with Crippen LogP contribution in [0.2, 0.25) is 0 Å². The van der Waals surface area contributed by atoms with E-state index in [0.29, 0.717) is 6.10 Å². The predicted molar refractivity (Wildman–Crippen MR) is 36.1 cm³/mol. The molecule has 0 aromatic carbocycles. The van der Waals surface area contributed by atoms with E-state index in [1.165, 1.54) is 0 Å². The van der Waals surface area contributed by atoms with Gasteiger partial charge in [0.05, 0.1) is 6.10 Å². The lowest BCUT2D eigenvalue weighted by Crippen LogP contribution is -2.28. The van der Waals surface area contributed by atoms with Crippen LogP contribution in [-0.4, -0.2) is 50.4 Å². The van der Waals surface area contributed by atoms with Crippen LogP contribution in [0.15, 0.2) is 0 Å². The van der Waals surface area contributed by atoms with Gasteiger partial charge in [0.25, 0.3) is 0 Å². The molecule has 1 aliphatic rings. The Morgan fingerprint density at radius 3 is 1.89 bits per heavy atom. The molecule has 0 aliphatic carbocycles. The van der Waals surface area contributed by atoms with Crippen LogP contribution in [0.1, 0.15) is 0 Å². The maximum Gasteiger partial charge on any atom is 0.0852 e. The van der Waals surface area contributed by atoms with E-state index in [0.717, 1.165) is 13.1 Å². The van der Waals surface area contributed by atoms with Crippen molar-refractivity contribution in [3.8, 4) is 0 Å². The third-order valence-corrected chi connectivity index (χ3v) is 1.85. The molecule has 3 nitrogen and oxygen atoms in total. The predicted octanol–water partition coefficient (Wildman–Crippen LogP) is -0.206. The molecule has 1 rings (SSSR count). The molecule has 3 heteroatoms. The molecule has 1 fully saturated rings. The molecule has 1 aliphatic heterocycles. The van der Waals surface area contributed by atoms with Gasteiger partial charge < -0.3 is 4.74 Å². The molecular weight excluding hydrogens is 116 g/mol. The Bertz CT molecular complexity index is 87.1. The van der Waals surface area contributed by atoms with E-state index in [1.807, 2.05) is 0 Å². The molecule has 0 aromatic rings. The summed E-state index contributed by atoms with van der Waals surface area (Å²) in [6, 6.07) is 0. The summed E-state index contributed by atoms with van der Waals surface area (Å²) in [5, 5.41) is 4.32. The third kappa shape index (κ3) is 1.41. The minimum absolute atomic E-state index is 0.403. The van der Waals surface area contributed by atoms with Crippen LogP contribution >= 0.6 is 0 Å². The van der Waals surface area contributed by atoms with Crippen molar-refractivity contribution in [2.75, 3.05) is 34.3 Å². The second-order valence-electron chi connectivity index (χ2n) is 2.54. The van der Waals surface area contributed by atoms with Gasteiger partial charge in [-0.15, -0.1) is 0 Å². The smallest absolute Gasteiger partial charge is 0.0852 e. The van der Waals surface area contributed by atoms with Crippen molar-refractivity contribution < 1.29 is 4.74 Å². The molecular formula is C6H14N2O. The normalized spacial score (nSPS) is 25.7. The van der Waals surface area contributed by atoms with Crippen molar-refractivity contribution in [2.24, 2.45) is 0 Å². The minimum atomic E-state index is 0.403. The van der Waals surface area contributed by atoms with Crippen LogP contribution in [0.4, 0.5) is 0 Å². The SMILES string of the molecule is COC1CN(C)N(C)C1.